The second-order valence-corrected chi connectivity index (χ2v) is 8.06. The van der Waals surface area contributed by atoms with Crippen molar-refractivity contribution in [3.8, 4) is 0 Å². The first-order valence-corrected chi connectivity index (χ1v) is 10.8. The monoisotopic (exact) mass is 421 g/mol. The van der Waals surface area contributed by atoms with Crippen LogP contribution in [0.4, 0.5) is 10.8 Å². The first-order valence-electron chi connectivity index (χ1n) is 9.92. The molecule has 0 radical (unpaired) electrons. The average Bonchev–Trinajstić information content (AvgIpc) is 3.27. The molecule has 1 aliphatic rings. The van der Waals surface area contributed by atoms with Crippen LogP contribution >= 0.6 is 11.3 Å². The molecule has 1 atom stereocenters. The van der Waals surface area contributed by atoms with Crippen LogP contribution in [0.2, 0.25) is 0 Å². The number of aromatic nitrogens is 2. The van der Waals surface area contributed by atoms with Gasteiger partial charge < -0.3 is 15.5 Å². The highest BCUT2D eigenvalue weighted by Gasteiger charge is 2.29. The number of piperidine rings is 1. The molecular formula is C22H23N5O2S. The van der Waals surface area contributed by atoms with E-state index in [1.807, 2.05) is 42.5 Å². The number of nitrogens with one attached hydrogen (secondary N) is 2. The smallest absolute Gasteiger partial charge is 0.273 e. The summed E-state index contributed by atoms with van der Waals surface area (Å²) in [4.78, 5) is 35.7. The van der Waals surface area contributed by atoms with Crippen LogP contribution in [-0.4, -0.2) is 39.8 Å². The van der Waals surface area contributed by atoms with Crippen molar-refractivity contribution in [3.63, 3.8) is 0 Å². The molecule has 0 spiro atoms. The molecule has 2 N–H and O–H groups in total. The van der Waals surface area contributed by atoms with Crippen molar-refractivity contribution < 1.29 is 9.59 Å². The number of carbonyl (C=O) groups is 2. The lowest BCUT2D eigenvalue weighted by Crippen LogP contribution is -2.45. The molecule has 1 fully saturated rings. The van der Waals surface area contributed by atoms with E-state index in [-0.39, 0.29) is 17.7 Å². The highest BCUT2D eigenvalue weighted by molar-refractivity contribution is 7.14. The van der Waals surface area contributed by atoms with Crippen LogP contribution < -0.4 is 10.6 Å². The molecule has 7 nitrogen and oxygen atoms in total. The topological polar surface area (TPSA) is 87.2 Å². The third kappa shape index (κ3) is 5.01. The van der Waals surface area contributed by atoms with Crippen molar-refractivity contribution in [1.29, 1.82) is 0 Å². The third-order valence-electron chi connectivity index (χ3n) is 5.02. The molecule has 2 aromatic heterocycles. The maximum absolute atomic E-state index is 12.9. The fourth-order valence-corrected chi connectivity index (χ4v) is 4.15. The molecule has 1 aromatic carbocycles. The minimum Gasteiger partial charge on any atom is -0.352 e. The normalized spacial score (nSPS) is 16.1. The van der Waals surface area contributed by atoms with Crippen LogP contribution in [-0.2, 0) is 11.3 Å². The van der Waals surface area contributed by atoms with Gasteiger partial charge in [0.1, 0.15) is 5.69 Å². The zero-order valence-electron chi connectivity index (χ0n) is 16.5. The number of hydrogen-bond acceptors (Lipinski definition) is 6. The number of benzene rings is 1. The van der Waals surface area contributed by atoms with Gasteiger partial charge in [0, 0.05) is 43.1 Å². The molecular weight excluding hydrogens is 398 g/mol. The SMILES string of the molecule is O=C(NCc1cccnc1)[C@H]1CCCN(C(=O)c2csc(Nc3ccccc3)n2)C1. The van der Waals surface area contributed by atoms with E-state index in [9.17, 15) is 9.59 Å². The Hall–Kier alpha value is -3.26. The molecule has 2 amide bonds. The molecule has 1 aliphatic heterocycles. The van der Waals surface area contributed by atoms with Gasteiger partial charge in [0.05, 0.1) is 5.92 Å². The summed E-state index contributed by atoms with van der Waals surface area (Å²) in [5, 5.41) is 8.60. The number of pyridine rings is 1. The lowest BCUT2D eigenvalue weighted by Gasteiger charge is -2.31. The molecule has 8 heteroatoms. The molecule has 0 saturated carbocycles. The summed E-state index contributed by atoms with van der Waals surface area (Å²) in [7, 11) is 0. The Balaban J connectivity index is 1.33. The number of thiazole rings is 1. The van der Waals surface area contributed by atoms with E-state index in [1.165, 1.54) is 11.3 Å². The van der Waals surface area contributed by atoms with Gasteiger partial charge in [-0.2, -0.15) is 0 Å². The molecule has 0 aliphatic carbocycles. The Morgan fingerprint density at radius 2 is 2.03 bits per heavy atom. The Kier molecular flexibility index (Phi) is 6.34. The van der Waals surface area contributed by atoms with Gasteiger partial charge in [-0.3, -0.25) is 14.6 Å². The molecule has 1 saturated heterocycles. The molecule has 30 heavy (non-hydrogen) atoms. The van der Waals surface area contributed by atoms with Gasteiger partial charge in [-0.05, 0) is 36.6 Å². The zero-order valence-corrected chi connectivity index (χ0v) is 17.3. The summed E-state index contributed by atoms with van der Waals surface area (Å²) < 4.78 is 0. The van der Waals surface area contributed by atoms with Gasteiger partial charge in [0.15, 0.2) is 5.13 Å². The highest BCUT2D eigenvalue weighted by Crippen LogP contribution is 2.23. The van der Waals surface area contributed by atoms with E-state index in [0.717, 1.165) is 24.1 Å². The Morgan fingerprint density at radius 3 is 2.83 bits per heavy atom. The van der Waals surface area contributed by atoms with E-state index in [2.05, 4.69) is 20.6 Å². The third-order valence-corrected chi connectivity index (χ3v) is 5.78. The summed E-state index contributed by atoms with van der Waals surface area (Å²) in [6.07, 6.45) is 5.02. The number of carbonyl (C=O) groups excluding carboxylic acids is 2. The Bertz CT molecular complexity index is 993. The van der Waals surface area contributed by atoms with Gasteiger partial charge in [-0.25, -0.2) is 4.98 Å². The number of hydrogen-bond donors (Lipinski definition) is 2. The summed E-state index contributed by atoms with van der Waals surface area (Å²) in [5.41, 5.74) is 2.29. The van der Waals surface area contributed by atoms with Crippen molar-refractivity contribution >= 4 is 34.0 Å². The van der Waals surface area contributed by atoms with Gasteiger partial charge in [-0.1, -0.05) is 24.3 Å². The van der Waals surface area contributed by atoms with Crippen molar-refractivity contribution in [2.24, 2.45) is 5.92 Å². The van der Waals surface area contributed by atoms with E-state index in [0.29, 0.717) is 30.5 Å². The quantitative estimate of drug-likeness (QED) is 0.637. The van der Waals surface area contributed by atoms with Crippen LogP contribution in [0, 0.1) is 5.92 Å². The van der Waals surface area contributed by atoms with Crippen LogP contribution in [0.5, 0.6) is 0 Å². The van der Waals surface area contributed by atoms with Crippen LogP contribution in [0.1, 0.15) is 28.9 Å². The lowest BCUT2D eigenvalue weighted by molar-refractivity contribution is -0.126. The molecule has 3 heterocycles. The Morgan fingerprint density at radius 1 is 1.17 bits per heavy atom. The first kappa shape index (κ1) is 20.0. The van der Waals surface area contributed by atoms with Gasteiger partial charge in [-0.15, -0.1) is 11.3 Å². The summed E-state index contributed by atoms with van der Waals surface area (Å²) >= 11 is 1.39. The minimum atomic E-state index is -0.208. The average molecular weight is 422 g/mol. The van der Waals surface area contributed by atoms with Crippen LogP contribution in [0.25, 0.3) is 0 Å². The highest BCUT2D eigenvalue weighted by atomic mass is 32.1. The maximum Gasteiger partial charge on any atom is 0.273 e. The summed E-state index contributed by atoms with van der Waals surface area (Å²) in [5.74, 6) is -0.363. The largest absolute Gasteiger partial charge is 0.352 e. The van der Waals surface area contributed by atoms with Gasteiger partial charge >= 0.3 is 0 Å². The van der Waals surface area contributed by atoms with Crippen molar-refractivity contribution in [2.75, 3.05) is 18.4 Å². The second kappa shape index (κ2) is 9.49. The fourth-order valence-electron chi connectivity index (χ4n) is 3.45. The number of amides is 2. The number of anilines is 2. The Labute approximate surface area is 179 Å². The van der Waals surface area contributed by atoms with E-state index in [4.69, 9.17) is 0 Å². The van der Waals surface area contributed by atoms with E-state index >= 15 is 0 Å². The molecule has 0 bridgehead atoms. The van der Waals surface area contributed by atoms with Gasteiger partial charge in [0.2, 0.25) is 5.91 Å². The minimum absolute atomic E-state index is 0.0268. The number of nitrogens with zero attached hydrogens (tertiary/aromatic N) is 3. The predicted octanol–water partition coefficient (Wildman–Crippen LogP) is 3.45. The number of likely N-dealkylation sites (tertiary alicyclic amines) is 1. The van der Waals surface area contributed by atoms with E-state index in [1.54, 1.807) is 22.7 Å². The van der Waals surface area contributed by atoms with Crippen LogP contribution in [0.3, 0.4) is 0 Å². The standard InChI is InChI=1S/C22H23N5O2S/c28-20(24-13-16-6-4-10-23-12-16)17-7-5-11-27(14-17)21(29)19-15-30-22(26-19)25-18-8-2-1-3-9-18/h1-4,6,8-10,12,15,17H,5,7,11,13-14H2,(H,24,28)(H,25,26)/t17-/m0/s1. The number of rotatable bonds is 6. The summed E-state index contributed by atoms with van der Waals surface area (Å²) in [6, 6.07) is 13.5. The molecule has 3 aromatic rings. The zero-order chi connectivity index (χ0) is 20.8. The molecule has 154 valence electrons. The van der Waals surface area contributed by atoms with E-state index < -0.39 is 0 Å². The second-order valence-electron chi connectivity index (χ2n) is 7.20. The van der Waals surface area contributed by atoms with Crippen molar-refractivity contribution in [3.05, 3.63) is 71.5 Å². The molecule has 4 rings (SSSR count). The summed E-state index contributed by atoms with van der Waals surface area (Å²) in [6.45, 7) is 1.50. The maximum atomic E-state index is 12.9. The van der Waals surface area contributed by atoms with Crippen molar-refractivity contribution in [1.82, 2.24) is 20.2 Å². The van der Waals surface area contributed by atoms with Gasteiger partial charge in [0.25, 0.3) is 5.91 Å². The van der Waals surface area contributed by atoms with Crippen LogP contribution in [0.15, 0.2) is 60.2 Å². The number of para-hydroxylation sites is 1. The predicted molar refractivity (Wildman–Crippen MR) is 117 cm³/mol. The van der Waals surface area contributed by atoms with Crippen molar-refractivity contribution in [2.45, 2.75) is 19.4 Å². The first-order chi connectivity index (χ1) is 14.7. The molecule has 0 unspecified atom stereocenters. The fraction of sp³-hybridized carbons (Fsp3) is 0.273. The lowest BCUT2D eigenvalue weighted by atomic mass is 9.97.